The molecule has 0 aliphatic carbocycles. The number of ketones is 1. The van der Waals surface area contributed by atoms with Gasteiger partial charge in [-0.25, -0.2) is 0 Å². The molecule has 0 saturated carbocycles. The summed E-state index contributed by atoms with van der Waals surface area (Å²) in [6.07, 6.45) is 7.11. The minimum atomic E-state index is -0.441. The second kappa shape index (κ2) is 10.3. The third-order valence-corrected chi connectivity index (χ3v) is 5.19. The maximum atomic E-state index is 12.7. The van der Waals surface area contributed by atoms with Gasteiger partial charge in [-0.2, -0.15) is 0 Å². The first-order valence-corrected chi connectivity index (χ1v) is 10.5. The van der Waals surface area contributed by atoms with Gasteiger partial charge in [0.15, 0.2) is 17.3 Å². The standard InChI is InChI=1S/C27H22N2O5/c1-33-27-17-20(10-14-26(27)34-19-21-7-11-23(12-8-21)29(31)32)9-13-25(30)22-5-4-6-24(18-22)28-15-2-3-16-28/h2-18H,19H2,1H3/b13-9+. The number of allylic oxidation sites excluding steroid dienone is 1. The van der Waals surface area contributed by atoms with E-state index in [1.807, 2.05) is 53.4 Å². The summed E-state index contributed by atoms with van der Waals surface area (Å²) in [6.45, 7) is 0.236. The van der Waals surface area contributed by atoms with Crippen LogP contribution in [0.2, 0.25) is 0 Å². The van der Waals surface area contributed by atoms with Crippen molar-refractivity contribution in [3.05, 3.63) is 124 Å². The summed E-state index contributed by atoms with van der Waals surface area (Å²) in [7, 11) is 1.54. The van der Waals surface area contributed by atoms with Gasteiger partial charge in [-0.3, -0.25) is 14.9 Å². The molecule has 4 aromatic rings. The number of hydrogen-bond donors (Lipinski definition) is 0. The number of ether oxygens (including phenoxy) is 2. The summed E-state index contributed by atoms with van der Waals surface area (Å²) in [4.78, 5) is 23.0. The van der Waals surface area contributed by atoms with Crippen LogP contribution in [-0.4, -0.2) is 22.4 Å². The summed E-state index contributed by atoms with van der Waals surface area (Å²) in [5.41, 5.74) is 3.13. The van der Waals surface area contributed by atoms with E-state index in [4.69, 9.17) is 9.47 Å². The second-order valence-corrected chi connectivity index (χ2v) is 7.46. The van der Waals surface area contributed by atoms with Gasteiger partial charge < -0.3 is 14.0 Å². The van der Waals surface area contributed by atoms with E-state index in [0.717, 1.165) is 16.8 Å². The van der Waals surface area contributed by atoms with E-state index in [2.05, 4.69) is 0 Å². The fourth-order valence-corrected chi connectivity index (χ4v) is 3.38. The van der Waals surface area contributed by atoms with Gasteiger partial charge in [0.1, 0.15) is 6.61 Å². The molecule has 0 N–H and O–H groups in total. The molecule has 4 rings (SSSR count). The van der Waals surface area contributed by atoms with Crippen molar-refractivity contribution in [2.24, 2.45) is 0 Å². The normalized spacial score (nSPS) is 10.9. The highest BCUT2D eigenvalue weighted by atomic mass is 16.6. The summed E-state index contributed by atoms with van der Waals surface area (Å²) >= 11 is 0. The van der Waals surface area contributed by atoms with Crippen molar-refractivity contribution in [3.8, 4) is 17.2 Å². The lowest BCUT2D eigenvalue weighted by Gasteiger charge is -2.11. The van der Waals surface area contributed by atoms with Crippen LogP contribution in [0.15, 0.2) is 97.3 Å². The summed E-state index contributed by atoms with van der Waals surface area (Å²) in [6, 6.07) is 22.9. The number of benzene rings is 3. The van der Waals surface area contributed by atoms with Crippen molar-refractivity contribution >= 4 is 17.5 Å². The van der Waals surface area contributed by atoms with Crippen LogP contribution in [0.4, 0.5) is 5.69 Å². The molecule has 0 bridgehead atoms. The lowest BCUT2D eigenvalue weighted by atomic mass is 10.1. The Hall–Kier alpha value is -4.65. The Morgan fingerprint density at radius 2 is 1.74 bits per heavy atom. The molecule has 0 amide bonds. The Labute approximate surface area is 196 Å². The first kappa shape index (κ1) is 22.5. The van der Waals surface area contributed by atoms with E-state index in [-0.39, 0.29) is 18.1 Å². The lowest BCUT2D eigenvalue weighted by molar-refractivity contribution is -0.384. The number of hydrogen-bond acceptors (Lipinski definition) is 5. The van der Waals surface area contributed by atoms with Crippen LogP contribution in [0.3, 0.4) is 0 Å². The average molecular weight is 454 g/mol. The van der Waals surface area contributed by atoms with Crippen molar-refractivity contribution in [2.45, 2.75) is 6.61 Å². The van der Waals surface area contributed by atoms with Crippen LogP contribution in [0, 0.1) is 10.1 Å². The number of nitro benzene ring substituents is 1. The number of aromatic nitrogens is 1. The molecular weight excluding hydrogens is 432 g/mol. The van der Waals surface area contributed by atoms with Crippen molar-refractivity contribution in [2.75, 3.05) is 7.11 Å². The highest BCUT2D eigenvalue weighted by molar-refractivity contribution is 6.07. The van der Waals surface area contributed by atoms with E-state index in [9.17, 15) is 14.9 Å². The maximum absolute atomic E-state index is 12.7. The molecule has 0 aliphatic rings. The van der Waals surface area contributed by atoms with Crippen LogP contribution in [0.25, 0.3) is 11.8 Å². The Morgan fingerprint density at radius 3 is 2.44 bits per heavy atom. The Kier molecular flexibility index (Phi) is 6.84. The molecule has 0 spiro atoms. The molecule has 3 aromatic carbocycles. The molecule has 0 unspecified atom stereocenters. The summed E-state index contributed by atoms with van der Waals surface area (Å²) < 4.78 is 13.2. The van der Waals surface area contributed by atoms with Crippen LogP contribution in [0.1, 0.15) is 21.5 Å². The first-order chi connectivity index (χ1) is 16.5. The third-order valence-electron chi connectivity index (χ3n) is 5.19. The zero-order chi connectivity index (χ0) is 23.9. The van der Waals surface area contributed by atoms with Crippen molar-refractivity contribution < 1.29 is 19.2 Å². The highest BCUT2D eigenvalue weighted by Crippen LogP contribution is 2.29. The smallest absolute Gasteiger partial charge is 0.269 e. The molecule has 7 nitrogen and oxygen atoms in total. The van der Waals surface area contributed by atoms with Crippen LogP contribution < -0.4 is 9.47 Å². The van der Waals surface area contributed by atoms with Gasteiger partial charge in [0.25, 0.3) is 5.69 Å². The number of rotatable bonds is 9. The summed E-state index contributed by atoms with van der Waals surface area (Å²) in [5, 5.41) is 10.8. The summed E-state index contributed by atoms with van der Waals surface area (Å²) in [5.74, 6) is 0.946. The monoisotopic (exact) mass is 454 g/mol. The molecule has 0 fully saturated rings. The number of nitro groups is 1. The van der Waals surface area contributed by atoms with E-state index < -0.39 is 4.92 Å². The van der Waals surface area contributed by atoms with Gasteiger partial charge in [0.05, 0.1) is 12.0 Å². The molecule has 0 atom stereocenters. The Bertz CT molecular complexity index is 1330. The SMILES string of the molecule is COc1cc(/C=C/C(=O)c2cccc(-n3cccc3)c2)ccc1OCc1ccc([N+](=O)[O-])cc1. The molecule has 0 aliphatic heterocycles. The van der Waals surface area contributed by atoms with E-state index in [0.29, 0.717) is 17.1 Å². The number of nitrogens with zero attached hydrogens (tertiary/aromatic N) is 2. The van der Waals surface area contributed by atoms with Crippen LogP contribution in [0.5, 0.6) is 11.5 Å². The molecule has 1 aromatic heterocycles. The van der Waals surface area contributed by atoms with E-state index in [1.165, 1.54) is 18.2 Å². The van der Waals surface area contributed by atoms with Crippen molar-refractivity contribution in [3.63, 3.8) is 0 Å². The van der Waals surface area contributed by atoms with Gasteiger partial charge >= 0.3 is 0 Å². The van der Waals surface area contributed by atoms with E-state index in [1.54, 1.807) is 43.5 Å². The van der Waals surface area contributed by atoms with Gasteiger partial charge in [0, 0.05) is 35.8 Å². The number of methoxy groups -OCH3 is 1. The third kappa shape index (κ3) is 5.39. The predicted molar refractivity (Wildman–Crippen MR) is 130 cm³/mol. The number of carbonyl (C=O) groups is 1. The first-order valence-electron chi connectivity index (χ1n) is 10.5. The molecule has 0 radical (unpaired) electrons. The molecule has 34 heavy (non-hydrogen) atoms. The largest absolute Gasteiger partial charge is 0.493 e. The van der Waals surface area contributed by atoms with Gasteiger partial charge in [-0.15, -0.1) is 0 Å². The Morgan fingerprint density at radius 1 is 0.971 bits per heavy atom. The fourth-order valence-electron chi connectivity index (χ4n) is 3.38. The maximum Gasteiger partial charge on any atom is 0.269 e. The molecular formula is C27H22N2O5. The van der Waals surface area contributed by atoms with Gasteiger partial charge in [0.2, 0.25) is 0 Å². The number of carbonyl (C=O) groups excluding carboxylic acids is 1. The van der Waals surface area contributed by atoms with Crippen molar-refractivity contribution in [1.29, 1.82) is 0 Å². The lowest BCUT2D eigenvalue weighted by Crippen LogP contribution is -1.99. The Balaban J connectivity index is 1.43. The minimum Gasteiger partial charge on any atom is -0.493 e. The molecule has 7 heteroatoms. The molecule has 170 valence electrons. The fraction of sp³-hybridized carbons (Fsp3) is 0.0741. The second-order valence-electron chi connectivity index (χ2n) is 7.46. The molecule has 0 saturated heterocycles. The van der Waals surface area contributed by atoms with Crippen LogP contribution >= 0.6 is 0 Å². The number of non-ortho nitro benzene ring substituents is 1. The predicted octanol–water partition coefficient (Wildman–Crippen LogP) is 5.87. The van der Waals surface area contributed by atoms with Crippen LogP contribution in [-0.2, 0) is 6.61 Å². The van der Waals surface area contributed by atoms with E-state index >= 15 is 0 Å². The zero-order valence-corrected chi connectivity index (χ0v) is 18.5. The zero-order valence-electron chi connectivity index (χ0n) is 18.5. The molecule has 1 heterocycles. The van der Waals surface area contributed by atoms with Gasteiger partial charge in [-0.1, -0.05) is 24.3 Å². The minimum absolute atomic E-state index is 0.0310. The highest BCUT2D eigenvalue weighted by Gasteiger charge is 2.09. The topological polar surface area (TPSA) is 83.6 Å². The quantitative estimate of drug-likeness (QED) is 0.137. The average Bonchev–Trinajstić information content (AvgIpc) is 3.42. The van der Waals surface area contributed by atoms with Crippen molar-refractivity contribution in [1.82, 2.24) is 4.57 Å². The van der Waals surface area contributed by atoms with Gasteiger partial charge in [-0.05, 0) is 65.7 Å².